The highest BCUT2D eigenvalue weighted by Gasteiger charge is 2.14. The van der Waals surface area contributed by atoms with E-state index in [1.54, 1.807) is 42.6 Å². The number of nitrogens with zero attached hydrogens (tertiary/aromatic N) is 2. The smallest absolute Gasteiger partial charge is 0.338 e. The molecule has 2 heterocycles. The number of aromatic nitrogens is 1. The van der Waals surface area contributed by atoms with Crippen LogP contribution in [0.1, 0.15) is 46.3 Å². The molecule has 2 aromatic heterocycles. The third-order valence-electron chi connectivity index (χ3n) is 5.48. The molecule has 0 atom stereocenters. The van der Waals surface area contributed by atoms with Crippen LogP contribution in [0.4, 0.5) is 5.13 Å². The number of ether oxygens (including phenoxy) is 1. The van der Waals surface area contributed by atoms with Gasteiger partial charge in [0.15, 0.2) is 5.13 Å². The minimum atomic E-state index is -0.569. The number of unbranched alkanes of at least 4 members (excludes halogenated alkanes) is 1. The molecule has 0 aliphatic heterocycles. The maximum Gasteiger partial charge on any atom is 0.338 e. The van der Waals surface area contributed by atoms with E-state index in [0.29, 0.717) is 35.2 Å². The fourth-order valence-electron chi connectivity index (χ4n) is 3.45. The Balaban J connectivity index is 1.38. The van der Waals surface area contributed by atoms with Gasteiger partial charge in [0.2, 0.25) is 0 Å². The molecule has 38 heavy (non-hydrogen) atoms. The summed E-state index contributed by atoms with van der Waals surface area (Å²) in [5.74, 6) is -0.0403. The quantitative estimate of drug-likeness (QED) is 0.0902. The molecule has 0 fully saturated rings. The molecule has 0 saturated heterocycles. The molecule has 4 rings (SSSR count). The zero-order valence-corrected chi connectivity index (χ0v) is 23.0. The molecule has 7 nitrogen and oxygen atoms in total. The van der Waals surface area contributed by atoms with E-state index in [2.05, 4.69) is 26.2 Å². The highest BCUT2D eigenvalue weighted by Crippen LogP contribution is 2.25. The van der Waals surface area contributed by atoms with Crippen LogP contribution in [0, 0.1) is 11.3 Å². The van der Waals surface area contributed by atoms with Crippen LogP contribution in [-0.2, 0) is 16.0 Å². The van der Waals surface area contributed by atoms with E-state index in [-0.39, 0.29) is 11.5 Å². The summed E-state index contributed by atoms with van der Waals surface area (Å²) in [6.45, 7) is 2.43. The molecule has 0 aliphatic carbocycles. The van der Waals surface area contributed by atoms with Crippen molar-refractivity contribution in [2.24, 2.45) is 0 Å². The Morgan fingerprint density at radius 3 is 2.61 bits per heavy atom. The molecule has 0 saturated carbocycles. The van der Waals surface area contributed by atoms with E-state index < -0.39 is 5.91 Å². The van der Waals surface area contributed by atoms with Crippen molar-refractivity contribution in [2.75, 3.05) is 11.9 Å². The standard InChI is InChI=1S/C29H24BrN3O4S/c1-2-3-14-36-28(35)21-8-6-20(7-9-21)26-13-12-24(37-26)16-22(17-31)27(34)33-29-32-18-25(38-29)15-19-4-10-23(30)11-5-19/h4-13,16,18H,2-3,14-15H2,1H3,(H,32,33,34)/b22-16+. The van der Waals surface area contributed by atoms with Gasteiger partial charge in [-0.1, -0.05) is 53.5 Å². The van der Waals surface area contributed by atoms with E-state index in [4.69, 9.17) is 9.15 Å². The van der Waals surface area contributed by atoms with Crippen LogP contribution in [0.2, 0.25) is 0 Å². The summed E-state index contributed by atoms with van der Waals surface area (Å²) in [5, 5.41) is 12.7. The van der Waals surface area contributed by atoms with Crippen LogP contribution in [-0.4, -0.2) is 23.5 Å². The molecule has 2 aromatic carbocycles. The molecule has 4 aromatic rings. The van der Waals surface area contributed by atoms with Gasteiger partial charge in [-0.2, -0.15) is 5.26 Å². The van der Waals surface area contributed by atoms with Gasteiger partial charge in [0.25, 0.3) is 5.91 Å². The number of rotatable bonds is 10. The largest absolute Gasteiger partial charge is 0.462 e. The minimum absolute atomic E-state index is 0.110. The summed E-state index contributed by atoms with van der Waals surface area (Å²) in [4.78, 5) is 30.0. The van der Waals surface area contributed by atoms with Gasteiger partial charge in [0, 0.05) is 33.6 Å². The number of hydrogen-bond acceptors (Lipinski definition) is 7. The Morgan fingerprint density at radius 1 is 1.13 bits per heavy atom. The van der Waals surface area contributed by atoms with E-state index >= 15 is 0 Å². The molecular formula is C29H24BrN3O4S. The zero-order chi connectivity index (χ0) is 26.9. The Hall–Kier alpha value is -4.00. The van der Waals surface area contributed by atoms with Crippen LogP contribution in [0.25, 0.3) is 17.4 Å². The van der Waals surface area contributed by atoms with E-state index in [9.17, 15) is 14.9 Å². The first-order chi connectivity index (χ1) is 18.4. The number of amides is 1. The second-order valence-electron chi connectivity index (χ2n) is 8.33. The summed E-state index contributed by atoms with van der Waals surface area (Å²) >= 11 is 4.78. The molecule has 0 aliphatic rings. The van der Waals surface area contributed by atoms with E-state index in [0.717, 1.165) is 33.3 Å². The minimum Gasteiger partial charge on any atom is -0.462 e. The lowest BCUT2D eigenvalue weighted by Gasteiger charge is -2.04. The Bertz CT molecular complexity index is 1480. The topological polar surface area (TPSA) is 105 Å². The maximum absolute atomic E-state index is 12.7. The summed E-state index contributed by atoms with van der Waals surface area (Å²) < 4.78 is 12.1. The number of hydrogen-bond donors (Lipinski definition) is 1. The second-order valence-corrected chi connectivity index (χ2v) is 10.4. The van der Waals surface area contributed by atoms with Gasteiger partial charge in [0.1, 0.15) is 23.2 Å². The zero-order valence-electron chi connectivity index (χ0n) is 20.6. The van der Waals surface area contributed by atoms with Crippen molar-refractivity contribution >= 4 is 50.4 Å². The number of thiazole rings is 1. The number of furan rings is 1. The monoisotopic (exact) mass is 589 g/mol. The van der Waals surface area contributed by atoms with Crippen LogP contribution < -0.4 is 5.32 Å². The molecule has 9 heteroatoms. The maximum atomic E-state index is 12.7. The highest BCUT2D eigenvalue weighted by molar-refractivity contribution is 9.10. The second kappa shape index (κ2) is 13.0. The summed E-state index contributed by atoms with van der Waals surface area (Å²) in [7, 11) is 0. The average Bonchev–Trinajstić information content (AvgIpc) is 3.58. The van der Waals surface area contributed by atoms with Crippen LogP contribution in [0.5, 0.6) is 0 Å². The molecule has 0 spiro atoms. The summed E-state index contributed by atoms with van der Waals surface area (Å²) in [6, 6.07) is 20.2. The lowest BCUT2D eigenvalue weighted by molar-refractivity contribution is -0.112. The highest BCUT2D eigenvalue weighted by atomic mass is 79.9. The van der Waals surface area contributed by atoms with Gasteiger partial charge in [-0.25, -0.2) is 9.78 Å². The normalized spacial score (nSPS) is 11.1. The predicted octanol–water partition coefficient (Wildman–Crippen LogP) is 7.26. The Labute approximate surface area is 232 Å². The van der Waals surface area contributed by atoms with Gasteiger partial charge in [0.05, 0.1) is 12.2 Å². The summed E-state index contributed by atoms with van der Waals surface area (Å²) in [5.41, 5.74) is 2.23. The van der Waals surface area contributed by atoms with Crippen molar-refractivity contribution in [3.63, 3.8) is 0 Å². The van der Waals surface area contributed by atoms with Gasteiger partial charge in [-0.15, -0.1) is 11.3 Å². The third kappa shape index (κ3) is 7.28. The average molecular weight is 590 g/mol. The fraction of sp³-hybridized carbons (Fsp3) is 0.172. The molecular weight excluding hydrogens is 566 g/mol. The summed E-state index contributed by atoms with van der Waals surface area (Å²) in [6.07, 6.45) is 5.57. The predicted molar refractivity (Wildman–Crippen MR) is 151 cm³/mol. The lowest BCUT2D eigenvalue weighted by atomic mass is 10.1. The SMILES string of the molecule is CCCCOC(=O)c1ccc(-c2ccc(/C=C(\C#N)C(=O)Nc3ncc(Cc4ccc(Br)cc4)s3)o2)cc1. The van der Waals surface area contributed by atoms with Crippen molar-refractivity contribution in [2.45, 2.75) is 26.2 Å². The first-order valence-electron chi connectivity index (χ1n) is 11.9. The number of halogens is 1. The number of benzene rings is 2. The number of esters is 1. The number of carbonyl (C=O) groups excluding carboxylic acids is 2. The molecule has 0 radical (unpaired) electrons. The molecule has 192 valence electrons. The van der Waals surface area contributed by atoms with Crippen molar-refractivity contribution in [1.29, 1.82) is 5.26 Å². The van der Waals surface area contributed by atoms with E-state index in [1.165, 1.54) is 17.4 Å². The van der Waals surface area contributed by atoms with Crippen molar-refractivity contribution in [1.82, 2.24) is 4.98 Å². The van der Waals surface area contributed by atoms with Gasteiger partial charge in [-0.3, -0.25) is 10.1 Å². The molecule has 0 bridgehead atoms. The molecule has 0 unspecified atom stereocenters. The third-order valence-corrected chi connectivity index (χ3v) is 6.92. The van der Waals surface area contributed by atoms with Gasteiger partial charge < -0.3 is 9.15 Å². The first kappa shape index (κ1) is 27.0. The van der Waals surface area contributed by atoms with Crippen LogP contribution in [0.15, 0.2) is 81.3 Å². The van der Waals surface area contributed by atoms with Crippen LogP contribution in [0.3, 0.4) is 0 Å². The number of nitriles is 1. The molecule has 1 N–H and O–H groups in total. The van der Waals surface area contributed by atoms with Crippen molar-refractivity contribution in [3.05, 3.63) is 98.7 Å². The number of nitrogens with one attached hydrogen (secondary N) is 1. The first-order valence-corrected chi connectivity index (χ1v) is 13.6. The van der Waals surface area contributed by atoms with Crippen molar-refractivity contribution < 1.29 is 18.7 Å². The van der Waals surface area contributed by atoms with Gasteiger partial charge in [-0.05, 0) is 48.4 Å². The molecule has 1 amide bonds. The fourth-order valence-corrected chi connectivity index (χ4v) is 4.56. The van der Waals surface area contributed by atoms with E-state index in [1.807, 2.05) is 37.3 Å². The Morgan fingerprint density at radius 2 is 1.89 bits per heavy atom. The van der Waals surface area contributed by atoms with Crippen molar-refractivity contribution in [3.8, 4) is 17.4 Å². The van der Waals surface area contributed by atoms with Crippen LogP contribution >= 0.6 is 27.3 Å². The number of anilines is 1. The number of carbonyl (C=O) groups is 2. The Kier molecular flexibility index (Phi) is 9.25. The van der Waals surface area contributed by atoms with Gasteiger partial charge >= 0.3 is 5.97 Å². The lowest BCUT2D eigenvalue weighted by Crippen LogP contribution is -2.13.